The molecule has 0 spiro atoms. The zero-order chi connectivity index (χ0) is 21.7. The second-order valence-corrected chi connectivity index (χ2v) is 9.17. The fourth-order valence-corrected chi connectivity index (χ4v) is 4.75. The number of carbonyl (C=O) groups excluding carboxylic acids is 2. The van der Waals surface area contributed by atoms with Crippen molar-refractivity contribution in [1.29, 1.82) is 0 Å². The monoisotopic (exact) mass is 454 g/mol. The van der Waals surface area contributed by atoms with Gasteiger partial charge in [-0.05, 0) is 50.8 Å². The Balaban J connectivity index is 1.45. The van der Waals surface area contributed by atoms with E-state index in [1.807, 2.05) is 24.8 Å². The average Bonchev–Trinajstić information content (AvgIpc) is 2.74. The van der Waals surface area contributed by atoms with Gasteiger partial charge in [-0.15, -0.1) is 0 Å². The Kier molecular flexibility index (Phi) is 8.40. The molecule has 0 radical (unpaired) electrons. The average molecular weight is 455 g/mol. The summed E-state index contributed by atoms with van der Waals surface area (Å²) < 4.78 is 0. The van der Waals surface area contributed by atoms with Crippen LogP contribution in [0.15, 0.2) is 18.2 Å². The van der Waals surface area contributed by atoms with Crippen LogP contribution in [0.25, 0.3) is 0 Å². The van der Waals surface area contributed by atoms with Crippen molar-refractivity contribution in [1.82, 2.24) is 20.0 Å². The number of carbonyl (C=O) groups is 2. The van der Waals surface area contributed by atoms with Gasteiger partial charge in [-0.25, -0.2) is 0 Å². The summed E-state index contributed by atoms with van der Waals surface area (Å²) in [5.41, 5.74) is 0.850. The summed E-state index contributed by atoms with van der Waals surface area (Å²) in [6.45, 7) is 9.28. The van der Waals surface area contributed by atoms with Crippen LogP contribution in [0.1, 0.15) is 44.7 Å². The van der Waals surface area contributed by atoms with Crippen molar-refractivity contribution in [2.24, 2.45) is 0 Å². The molecule has 1 aromatic rings. The van der Waals surface area contributed by atoms with Crippen molar-refractivity contribution >= 4 is 35.0 Å². The number of piperazine rings is 1. The van der Waals surface area contributed by atoms with Crippen molar-refractivity contribution < 1.29 is 9.59 Å². The first kappa shape index (κ1) is 23.3. The smallest absolute Gasteiger partial charge is 0.237 e. The molecule has 166 valence electrons. The highest BCUT2D eigenvalue weighted by Crippen LogP contribution is 2.26. The lowest BCUT2D eigenvalue weighted by molar-refractivity contribution is -0.134. The number of benzene rings is 1. The van der Waals surface area contributed by atoms with E-state index in [1.165, 1.54) is 6.42 Å². The van der Waals surface area contributed by atoms with Crippen molar-refractivity contribution in [3.63, 3.8) is 0 Å². The maximum absolute atomic E-state index is 12.8. The first-order chi connectivity index (χ1) is 14.3. The summed E-state index contributed by atoms with van der Waals surface area (Å²) in [6.07, 6.45) is 3.46. The topological polar surface area (TPSA) is 55.9 Å². The molecule has 2 saturated heterocycles. The summed E-state index contributed by atoms with van der Waals surface area (Å²) >= 11 is 12.2. The first-order valence-electron chi connectivity index (χ1n) is 10.8. The van der Waals surface area contributed by atoms with Crippen molar-refractivity contribution in [2.45, 2.75) is 45.2 Å². The Bertz CT molecular complexity index is 747. The number of amides is 2. The van der Waals surface area contributed by atoms with Crippen molar-refractivity contribution in [2.75, 3.05) is 45.8 Å². The summed E-state index contributed by atoms with van der Waals surface area (Å²) in [5, 5.41) is 4.18. The number of likely N-dealkylation sites (tertiary alicyclic amines) is 1. The number of piperidine rings is 1. The summed E-state index contributed by atoms with van der Waals surface area (Å²) in [4.78, 5) is 31.6. The highest BCUT2D eigenvalue weighted by molar-refractivity contribution is 6.35. The summed E-state index contributed by atoms with van der Waals surface area (Å²) in [7, 11) is 0. The quantitative estimate of drug-likeness (QED) is 0.716. The standard InChI is InChI=1S/C22H32Cl2N4O2/c1-16(19-7-6-18(23)14-20(19)24)25-22(30)17(2)27-12-10-26(11-13-27)15-21(29)28-8-4-3-5-9-28/h6-7,14,16-17H,3-5,8-13,15H2,1-2H3,(H,25,30). The number of nitrogens with zero attached hydrogens (tertiary/aromatic N) is 3. The number of rotatable bonds is 6. The van der Waals surface area contributed by atoms with E-state index >= 15 is 0 Å². The molecular weight excluding hydrogens is 423 g/mol. The molecule has 2 unspecified atom stereocenters. The minimum absolute atomic E-state index is 0.0219. The van der Waals surface area contributed by atoms with Crippen LogP contribution in [0.4, 0.5) is 0 Å². The Morgan fingerprint density at radius 1 is 1.00 bits per heavy atom. The van der Waals surface area contributed by atoms with Gasteiger partial charge in [-0.3, -0.25) is 19.4 Å². The van der Waals surface area contributed by atoms with Gasteiger partial charge in [-0.2, -0.15) is 0 Å². The van der Waals surface area contributed by atoms with E-state index in [0.717, 1.165) is 57.7 Å². The summed E-state index contributed by atoms with van der Waals surface area (Å²) in [6, 6.07) is 4.87. The number of hydrogen-bond donors (Lipinski definition) is 1. The molecule has 6 nitrogen and oxygen atoms in total. The highest BCUT2D eigenvalue weighted by Gasteiger charge is 2.28. The third-order valence-corrected chi connectivity index (χ3v) is 6.75. The maximum Gasteiger partial charge on any atom is 0.237 e. The van der Waals surface area contributed by atoms with E-state index in [0.29, 0.717) is 16.6 Å². The van der Waals surface area contributed by atoms with Gasteiger partial charge in [0.25, 0.3) is 0 Å². The van der Waals surface area contributed by atoms with Crippen molar-refractivity contribution in [3.8, 4) is 0 Å². The van der Waals surface area contributed by atoms with Crippen LogP contribution < -0.4 is 5.32 Å². The molecule has 0 bridgehead atoms. The van der Waals surface area contributed by atoms with E-state index in [2.05, 4.69) is 15.1 Å². The van der Waals surface area contributed by atoms with Crippen LogP contribution in [-0.2, 0) is 9.59 Å². The molecule has 8 heteroatoms. The van der Waals surface area contributed by atoms with Gasteiger partial charge < -0.3 is 10.2 Å². The molecule has 0 aromatic heterocycles. The van der Waals surface area contributed by atoms with Gasteiger partial charge in [0.15, 0.2) is 0 Å². The van der Waals surface area contributed by atoms with E-state index in [4.69, 9.17) is 23.2 Å². The normalized spacial score (nSPS) is 20.6. The van der Waals surface area contributed by atoms with Gasteiger partial charge in [0, 0.05) is 49.3 Å². The van der Waals surface area contributed by atoms with Crippen molar-refractivity contribution in [3.05, 3.63) is 33.8 Å². The molecule has 2 fully saturated rings. The molecule has 1 N–H and O–H groups in total. The highest BCUT2D eigenvalue weighted by atomic mass is 35.5. The zero-order valence-electron chi connectivity index (χ0n) is 17.9. The minimum atomic E-state index is -0.238. The fourth-order valence-electron chi connectivity index (χ4n) is 4.17. The molecule has 30 heavy (non-hydrogen) atoms. The van der Waals surface area contributed by atoms with E-state index in [1.54, 1.807) is 12.1 Å². The molecule has 0 saturated carbocycles. The maximum atomic E-state index is 12.8. The Morgan fingerprint density at radius 2 is 1.67 bits per heavy atom. The molecule has 2 amide bonds. The molecule has 2 heterocycles. The predicted octanol–water partition coefficient (Wildman–Crippen LogP) is 3.19. The fraction of sp³-hybridized carbons (Fsp3) is 0.636. The lowest BCUT2D eigenvalue weighted by Crippen LogP contribution is -2.55. The van der Waals surface area contributed by atoms with E-state index < -0.39 is 0 Å². The second-order valence-electron chi connectivity index (χ2n) is 8.33. The number of halogens is 2. The van der Waals surface area contributed by atoms with Crippen LogP contribution in [0.5, 0.6) is 0 Å². The molecule has 3 rings (SSSR count). The molecule has 1 aromatic carbocycles. The lowest BCUT2D eigenvalue weighted by Gasteiger charge is -2.38. The Labute approximate surface area is 189 Å². The largest absolute Gasteiger partial charge is 0.348 e. The van der Waals surface area contributed by atoms with Crippen LogP contribution in [0.2, 0.25) is 10.0 Å². The SMILES string of the molecule is CC(NC(=O)C(C)N1CCN(CC(=O)N2CCCCC2)CC1)c1ccc(Cl)cc1Cl. The van der Waals surface area contributed by atoms with Crippen LogP contribution in [0, 0.1) is 0 Å². The second kappa shape index (κ2) is 10.8. The Hall–Kier alpha value is -1.34. The van der Waals surface area contributed by atoms with Gasteiger partial charge in [0.2, 0.25) is 11.8 Å². The minimum Gasteiger partial charge on any atom is -0.348 e. The van der Waals surface area contributed by atoms with Gasteiger partial charge in [0.1, 0.15) is 0 Å². The third-order valence-electron chi connectivity index (χ3n) is 6.19. The molecule has 2 aliphatic heterocycles. The molecule has 2 atom stereocenters. The van der Waals surface area contributed by atoms with E-state index in [9.17, 15) is 9.59 Å². The molecule has 0 aliphatic carbocycles. The number of hydrogen-bond acceptors (Lipinski definition) is 4. The summed E-state index contributed by atoms with van der Waals surface area (Å²) in [5.74, 6) is 0.217. The van der Waals surface area contributed by atoms with Crippen LogP contribution >= 0.6 is 23.2 Å². The van der Waals surface area contributed by atoms with Gasteiger partial charge in [0.05, 0.1) is 18.6 Å². The lowest BCUT2D eigenvalue weighted by atomic mass is 10.1. The number of nitrogens with one attached hydrogen (secondary N) is 1. The molecule has 2 aliphatic rings. The van der Waals surface area contributed by atoms with Gasteiger partial charge in [-0.1, -0.05) is 29.3 Å². The van der Waals surface area contributed by atoms with E-state index in [-0.39, 0.29) is 23.9 Å². The Morgan fingerprint density at radius 3 is 2.30 bits per heavy atom. The first-order valence-corrected chi connectivity index (χ1v) is 11.6. The van der Waals surface area contributed by atoms with Crippen LogP contribution in [-0.4, -0.2) is 78.4 Å². The predicted molar refractivity (Wildman–Crippen MR) is 121 cm³/mol. The zero-order valence-corrected chi connectivity index (χ0v) is 19.4. The van der Waals surface area contributed by atoms with Gasteiger partial charge >= 0.3 is 0 Å². The van der Waals surface area contributed by atoms with Crippen LogP contribution in [0.3, 0.4) is 0 Å². The third kappa shape index (κ3) is 6.10. The molecular formula is C22H32Cl2N4O2.